The summed E-state index contributed by atoms with van der Waals surface area (Å²) < 4.78 is 13.9. The van der Waals surface area contributed by atoms with E-state index in [9.17, 15) is 4.39 Å². The molecule has 1 aromatic carbocycles. The minimum absolute atomic E-state index is 0.200. The Labute approximate surface area is 100 Å². The molecule has 0 bridgehead atoms. The number of nitrogens with two attached hydrogens (primary N) is 1. The van der Waals surface area contributed by atoms with E-state index in [0.29, 0.717) is 17.5 Å². The van der Waals surface area contributed by atoms with E-state index in [2.05, 4.69) is 4.98 Å². The highest BCUT2D eigenvalue weighted by Gasteiger charge is 2.13. The van der Waals surface area contributed by atoms with Gasteiger partial charge in [0.25, 0.3) is 0 Å². The van der Waals surface area contributed by atoms with Crippen molar-refractivity contribution in [3.63, 3.8) is 0 Å². The van der Waals surface area contributed by atoms with Crippen molar-refractivity contribution in [2.24, 2.45) is 5.73 Å². The van der Waals surface area contributed by atoms with Crippen molar-refractivity contribution in [1.29, 1.82) is 0 Å². The molecule has 2 N–H and O–H groups in total. The molecule has 0 aliphatic carbocycles. The first-order valence-electron chi connectivity index (χ1n) is 5.58. The van der Waals surface area contributed by atoms with Crippen LogP contribution >= 0.6 is 0 Å². The summed E-state index contributed by atoms with van der Waals surface area (Å²) in [5.41, 5.74) is 8.30. The zero-order valence-corrected chi connectivity index (χ0v) is 9.73. The second-order valence-electron chi connectivity index (χ2n) is 4.14. The van der Waals surface area contributed by atoms with Gasteiger partial charge in [0, 0.05) is 24.0 Å². The third kappa shape index (κ3) is 2.68. The number of rotatable bonds is 3. The Hall–Kier alpha value is -1.74. The Bertz CT molecular complexity index is 497. The summed E-state index contributed by atoms with van der Waals surface area (Å²) >= 11 is 0. The molecule has 0 saturated carbocycles. The summed E-state index contributed by atoms with van der Waals surface area (Å²) in [5.74, 6) is -0.200. The van der Waals surface area contributed by atoms with Crippen LogP contribution in [-0.2, 0) is 6.42 Å². The monoisotopic (exact) mass is 230 g/mol. The molecule has 0 amide bonds. The second kappa shape index (κ2) is 5.06. The van der Waals surface area contributed by atoms with Crippen LogP contribution in [0, 0.1) is 12.7 Å². The lowest BCUT2D eigenvalue weighted by molar-refractivity contribution is 0.573. The highest BCUT2D eigenvalue weighted by Crippen LogP contribution is 2.20. The van der Waals surface area contributed by atoms with E-state index in [0.717, 1.165) is 5.56 Å². The number of nitrogens with zero attached hydrogens (tertiary/aromatic N) is 1. The van der Waals surface area contributed by atoms with Gasteiger partial charge >= 0.3 is 0 Å². The Morgan fingerprint density at radius 2 is 1.94 bits per heavy atom. The highest BCUT2D eigenvalue weighted by atomic mass is 19.1. The van der Waals surface area contributed by atoms with Crippen LogP contribution in [0.15, 0.2) is 42.7 Å². The molecular weight excluding hydrogens is 215 g/mol. The maximum Gasteiger partial charge on any atom is 0.130 e. The number of hydrogen-bond donors (Lipinski definition) is 1. The maximum atomic E-state index is 13.9. The van der Waals surface area contributed by atoms with Crippen LogP contribution in [0.1, 0.15) is 22.7 Å². The molecule has 0 aliphatic heterocycles. The fourth-order valence-electron chi connectivity index (χ4n) is 1.84. The van der Waals surface area contributed by atoms with Crippen molar-refractivity contribution >= 4 is 0 Å². The summed E-state index contributed by atoms with van der Waals surface area (Å²) in [5, 5.41) is 0. The lowest BCUT2D eigenvalue weighted by Gasteiger charge is -2.14. The molecule has 0 spiro atoms. The van der Waals surface area contributed by atoms with Gasteiger partial charge in [0.05, 0.1) is 0 Å². The number of benzene rings is 1. The van der Waals surface area contributed by atoms with Gasteiger partial charge in [-0.25, -0.2) is 4.39 Å². The average Bonchev–Trinajstić information content (AvgIpc) is 2.34. The Morgan fingerprint density at radius 3 is 2.65 bits per heavy atom. The third-order valence-electron chi connectivity index (χ3n) is 2.83. The topological polar surface area (TPSA) is 38.9 Å². The molecule has 88 valence electrons. The van der Waals surface area contributed by atoms with Gasteiger partial charge in [0.2, 0.25) is 0 Å². The van der Waals surface area contributed by atoms with Crippen LogP contribution in [-0.4, -0.2) is 4.98 Å². The molecule has 0 fully saturated rings. The van der Waals surface area contributed by atoms with Crippen LogP contribution in [0.3, 0.4) is 0 Å². The van der Waals surface area contributed by atoms with Gasteiger partial charge in [-0.15, -0.1) is 0 Å². The molecule has 2 rings (SSSR count). The zero-order chi connectivity index (χ0) is 12.3. The van der Waals surface area contributed by atoms with E-state index in [-0.39, 0.29) is 11.9 Å². The summed E-state index contributed by atoms with van der Waals surface area (Å²) in [6.07, 6.45) is 4.05. The molecular formula is C14H15FN2. The summed E-state index contributed by atoms with van der Waals surface area (Å²) in [6, 6.07) is 8.80. The van der Waals surface area contributed by atoms with Crippen LogP contribution in [0.2, 0.25) is 0 Å². The Kier molecular flexibility index (Phi) is 3.49. The van der Waals surface area contributed by atoms with Crippen LogP contribution in [0.25, 0.3) is 0 Å². The Balaban J connectivity index is 2.20. The van der Waals surface area contributed by atoms with Crippen molar-refractivity contribution in [2.75, 3.05) is 0 Å². The quantitative estimate of drug-likeness (QED) is 0.880. The molecule has 2 aromatic rings. The third-order valence-corrected chi connectivity index (χ3v) is 2.83. The van der Waals surface area contributed by atoms with Gasteiger partial charge in [0.15, 0.2) is 0 Å². The van der Waals surface area contributed by atoms with Gasteiger partial charge in [-0.05, 0) is 36.6 Å². The number of aromatic nitrogens is 1. The Morgan fingerprint density at radius 1 is 1.24 bits per heavy atom. The predicted molar refractivity (Wildman–Crippen MR) is 66.0 cm³/mol. The summed E-state index contributed by atoms with van der Waals surface area (Å²) in [7, 11) is 0. The van der Waals surface area contributed by atoms with Crippen LogP contribution in [0.5, 0.6) is 0 Å². The maximum absolute atomic E-state index is 13.9. The van der Waals surface area contributed by atoms with Crippen molar-refractivity contribution in [1.82, 2.24) is 4.98 Å². The van der Waals surface area contributed by atoms with E-state index in [4.69, 9.17) is 5.73 Å². The highest BCUT2D eigenvalue weighted by molar-refractivity contribution is 5.28. The van der Waals surface area contributed by atoms with Crippen LogP contribution in [0.4, 0.5) is 4.39 Å². The molecule has 0 aliphatic rings. The van der Waals surface area contributed by atoms with Crippen molar-refractivity contribution < 1.29 is 4.39 Å². The zero-order valence-electron chi connectivity index (χ0n) is 9.73. The first kappa shape index (κ1) is 11.7. The van der Waals surface area contributed by atoms with E-state index in [1.165, 1.54) is 0 Å². The average molecular weight is 230 g/mol. The molecule has 2 nitrogen and oxygen atoms in total. The van der Waals surface area contributed by atoms with Gasteiger partial charge in [0.1, 0.15) is 5.82 Å². The lowest BCUT2D eigenvalue weighted by Crippen LogP contribution is -2.15. The van der Waals surface area contributed by atoms with Gasteiger partial charge in [-0.1, -0.05) is 18.2 Å². The standard InChI is InChI=1S/C14H15FN2/c1-10-3-2-4-12(14(10)15)13(16)9-11-5-7-17-8-6-11/h2-8,13H,9,16H2,1H3. The van der Waals surface area contributed by atoms with E-state index in [1.54, 1.807) is 31.5 Å². The molecule has 0 saturated heterocycles. The number of pyridine rings is 1. The molecule has 1 unspecified atom stereocenters. The van der Waals surface area contributed by atoms with Crippen LogP contribution < -0.4 is 5.73 Å². The fourth-order valence-corrected chi connectivity index (χ4v) is 1.84. The first-order chi connectivity index (χ1) is 8.18. The van der Waals surface area contributed by atoms with Crippen molar-refractivity contribution in [3.8, 4) is 0 Å². The van der Waals surface area contributed by atoms with E-state index < -0.39 is 0 Å². The van der Waals surface area contributed by atoms with Gasteiger partial charge in [-0.3, -0.25) is 4.98 Å². The summed E-state index contributed by atoms with van der Waals surface area (Å²) in [6.45, 7) is 1.75. The second-order valence-corrected chi connectivity index (χ2v) is 4.14. The summed E-state index contributed by atoms with van der Waals surface area (Å²) in [4.78, 5) is 3.94. The molecule has 1 aromatic heterocycles. The number of aryl methyl sites for hydroxylation is 1. The van der Waals surface area contributed by atoms with Gasteiger partial charge in [-0.2, -0.15) is 0 Å². The number of halogens is 1. The predicted octanol–water partition coefficient (Wildman–Crippen LogP) is 2.77. The van der Waals surface area contributed by atoms with Crippen molar-refractivity contribution in [3.05, 3.63) is 65.2 Å². The van der Waals surface area contributed by atoms with Gasteiger partial charge < -0.3 is 5.73 Å². The largest absolute Gasteiger partial charge is 0.324 e. The lowest BCUT2D eigenvalue weighted by atomic mass is 9.98. The number of hydrogen-bond acceptors (Lipinski definition) is 2. The first-order valence-corrected chi connectivity index (χ1v) is 5.58. The normalized spacial score (nSPS) is 12.4. The minimum Gasteiger partial charge on any atom is -0.324 e. The molecule has 1 heterocycles. The van der Waals surface area contributed by atoms with E-state index in [1.807, 2.05) is 18.2 Å². The SMILES string of the molecule is Cc1cccc(C(N)Cc2ccncc2)c1F. The molecule has 3 heteroatoms. The smallest absolute Gasteiger partial charge is 0.130 e. The fraction of sp³-hybridized carbons (Fsp3) is 0.214. The molecule has 0 radical (unpaired) electrons. The molecule has 1 atom stereocenters. The van der Waals surface area contributed by atoms with E-state index >= 15 is 0 Å². The molecule has 17 heavy (non-hydrogen) atoms. The minimum atomic E-state index is -0.322. The van der Waals surface area contributed by atoms with Crippen molar-refractivity contribution in [2.45, 2.75) is 19.4 Å².